The molecule has 2 aliphatic rings. The van der Waals surface area contributed by atoms with E-state index < -0.39 is 0 Å². The normalized spacial score (nSPS) is 16.6. The molecule has 0 unspecified atom stereocenters. The summed E-state index contributed by atoms with van der Waals surface area (Å²) in [5, 5.41) is 3.02. The second-order valence-corrected chi connectivity index (χ2v) is 7.02. The number of fused-ring (bicyclic) bond motifs is 1. The highest BCUT2D eigenvalue weighted by Gasteiger charge is 2.18. The fourth-order valence-electron chi connectivity index (χ4n) is 3.39. The minimum absolute atomic E-state index is 0.135. The predicted molar refractivity (Wildman–Crippen MR) is 110 cm³/mol. The van der Waals surface area contributed by atoms with Crippen LogP contribution in [-0.4, -0.2) is 49.0 Å². The van der Waals surface area contributed by atoms with E-state index in [2.05, 4.69) is 27.1 Å². The van der Waals surface area contributed by atoms with Gasteiger partial charge in [0, 0.05) is 55.6 Å². The molecule has 1 fully saturated rings. The van der Waals surface area contributed by atoms with Crippen LogP contribution in [0.5, 0.6) is 5.75 Å². The Morgan fingerprint density at radius 2 is 1.96 bits per heavy atom. The van der Waals surface area contributed by atoms with Crippen molar-refractivity contribution < 1.29 is 9.53 Å². The first-order chi connectivity index (χ1) is 13.7. The first-order valence-electron chi connectivity index (χ1n) is 9.50. The van der Waals surface area contributed by atoms with Gasteiger partial charge in [-0.2, -0.15) is 0 Å². The number of para-hydroxylation sites is 1. The first kappa shape index (κ1) is 18.3. The lowest BCUT2D eigenvalue weighted by Crippen LogP contribution is -2.45. The number of rotatable bonds is 4. The Balaban J connectivity index is 1.46. The van der Waals surface area contributed by atoms with Gasteiger partial charge in [-0.3, -0.25) is 4.79 Å². The van der Waals surface area contributed by atoms with Crippen LogP contribution >= 0.6 is 0 Å². The molecule has 1 saturated heterocycles. The highest BCUT2D eigenvalue weighted by Crippen LogP contribution is 2.24. The van der Waals surface area contributed by atoms with Gasteiger partial charge in [0.15, 0.2) is 0 Å². The third kappa shape index (κ3) is 4.07. The van der Waals surface area contributed by atoms with Crippen LogP contribution in [-0.2, 0) is 11.3 Å². The van der Waals surface area contributed by atoms with Crippen LogP contribution < -0.4 is 15.0 Å². The van der Waals surface area contributed by atoms with Crippen LogP contribution in [0.2, 0.25) is 0 Å². The molecule has 1 aromatic heterocycles. The minimum atomic E-state index is -0.135. The summed E-state index contributed by atoms with van der Waals surface area (Å²) >= 11 is 0. The molecule has 6 heteroatoms. The van der Waals surface area contributed by atoms with Gasteiger partial charge in [-0.25, -0.2) is 4.98 Å². The molecule has 3 heterocycles. The van der Waals surface area contributed by atoms with Crippen molar-refractivity contribution in [2.24, 2.45) is 0 Å². The first-order valence-corrected chi connectivity index (χ1v) is 9.50. The monoisotopic (exact) mass is 376 g/mol. The number of hydrogen-bond donors (Lipinski definition) is 1. The summed E-state index contributed by atoms with van der Waals surface area (Å²) in [7, 11) is 2.13. The average Bonchev–Trinajstić information content (AvgIpc) is 2.95. The molecule has 1 N–H and O–H groups in total. The molecule has 0 aliphatic carbocycles. The van der Waals surface area contributed by atoms with Crippen molar-refractivity contribution in [2.45, 2.75) is 6.54 Å². The third-order valence-corrected chi connectivity index (χ3v) is 5.04. The lowest BCUT2D eigenvalue weighted by atomic mass is 10.1. The quantitative estimate of drug-likeness (QED) is 0.888. The van der Waals surface area contributed by atoms with Gasteiger partial charge in [-0.05, 0) is 31.3 Å². The smallest absolute Gasteiger partial charge is 0.251 e. The minimum Gasteiger partial charge on any atom is -0.464 e. The van der Waals surface area contributed by atoms with E-state index in [1.165, 1.54) is 0 Å². The zero-order valence-electron chi connectivity index (χ0n) is 16.0. The summed E-state index contributed by atoms with van der Waals surface area (Å²) in [6.07, 6.45) is 6.90. The van der Waals surface area contributed by atoms with Crippen molar-refractivity contribution >= 4 is 17.8 Å². The Morgan fingerprint density at radius 3 is 2.82 bits per heavy atom. The van der Waals surface area contributed by atoms with Crippen LogP contribution in [0.15, 0.2) is 60.5 Å². The number of likely N-dealkylation sites (N-methyl/N-ethyl adjacent to an activating group) is 1. The van der Waals surface area contributed by atoms with E-state index >= 15 is 0 Å². The highest BCUT2D eigenvalue weighted by atomic mass is 16.5. The van der Waals surface area contributed by atoms with Crippen molar-refractivity contribution in [3.05, 3.63) is 71.6 Å². The van der Waals surface area contributed by atoms with Crippen molar-refractivity contribution in [3.8, 4) is 5.75 Å². The summed E-state index contributed by atoms with van der Waals surface area (Å²) in [4.78, 5) is 21.9. The number of nitrogens with zero attached hydrogens (tertiary/aromatic N) is 3. The zero-order valence-corrected chi connectivity index (χ0v) is 16.0. The SMILES string of the molecule is CN1CCN(c2ncccc2CNC(=O)C2=Cc3ccccc3OC=C2)CC1. The summed E-state index contributed by atoms with van der Waals surface area (Å²) < 4.78 is 5.57. The van der Waals surface area contributed by atoms with Crippen molar-refractivity contribution in [1.82, 2.24) is 15.2 Å². The van der Waals surface area contributed by atoms with E-state index in [0.29, 0.717) is 12.1 Å². The topological polar surface area (TPSA) is 57.7 Å². The van der Waals surface area contributed by atoms with Crippen LogP contribution in [0.25, 0.3) is 6.08 Å². The summed E-state index contributed by atoms with van der Waals surface area (Å²) in [5.41, 5.74) is 2.47. The van der Waals surface area contributed by atoms with Gasteiger partial charge in [-0.15, -0.1) is 0 Å². The Hall–Kier alpha value is -3.12. The summed E-state index contributed by atoms with van der Waals surface area (Å²) in [6.45, 7) is 4.34. The number of piperazine rings is 1. The lowest BCUT2D eigenvalue weighted by Gasteiger charge is -2.34. The molecule has 2 aromatic rings. The molecule has 0 saturated carbocycles. The molecule has 1 amide bonds. The molecular weight excluding hydrogens is 352 g/mol. The number of aromatic nitrogens is 1. The Labute approximate surface area is 165 Å². The molecule has 0 spiro atoms. The molecule has 0 radical (unpaired) electrons. The van der Waals surface area contributed by atoms with Crippen molar-refractivity contribution in [1.29, 1.82) is 0 Å². The fourth-order valence-corrected chi connectivity index (χ4v) is 3.39. The number of ether oxygens (including phenoxy) is 1. The molecule has 28 heavy (non-hydrogen) atoms. The van der Waals surface area contributed by atoms with E-state index in [-0.39, 0.29) is 5.91 Å². The van der Waals surface area contributed by atoms with Gasteiger partial charge < -0.3 is 19.9 Å². The van der Waals surface area contributed by atoms with Gasteiger partial charge in [0.25, 0.3) is 5.91 Å². The maximum Gasteiger partial charge on any atom is 0.251 e. The van der Waals surface area contributed by atoms with Gasteiger partial charge in [0.1, 0.15) is 11.6 Å². The molecule has 1 aromatic carbocycles. The number of carbonyl (C=O) groups is 1. The van der Waals surface area contributed by atoms with E-state index in [4.69, 9.17) is 4.74 Å². The summed E-state index contributed by atoms with van der Waals surface area (Å²) in [5.74, 6) is 1.56. The number of anilines is 1. The van der Waals surface area contributed by atoms with Gasteiger partial charge >= 0.3 is 0 Å². The van der Waals surface area contributed by atoms with E-state index in [0.717, 1.165) is 48.9 Å². The summed E-state index contributed by atoms with van der Waals surface area (Å²) in [6, 6.07) is 11.6. The van der Waals surface area contributed by atoms with E-state index in [1.807, 2.05) is 48.7 Å². The largest absolute Gasteiger partial charge is 0.464 e. The Morgan fingerprint density at radius 1 is 1.14 bits per heavy atom. The maximum absolute atomic E-state index is 12.7. The second-order valence-electron chi connectivity index (χ2n) is 7.02. The Kier molecular flexibility index (Phi) is 5.39. The second kappa shape index (κ2) is 8.27. The maximum atomic E-state index is 12.7. The van der Waals surface area contributed by atoms with Crippen LogP contribution in [0.1, 0.15) is 11.1 Å². The Bertz CT molecular complexity index is 914. The molecule has 0 bridgehead atoms. The number of carbonyl (C=O) groups excluding carboxylic acids is 1. The average molecular weight is 376 g/mol. The van der Waals surface area contributed by atoms with E-state index in [9.17, 15) is 4.79 Å². The van der Waals surface area contributed by atoms with Crippen LogP contribution in [0.4, 0.5) is 5.82 Å². The van der Waals surface area contributed by atoms with Gasteiger partial charge in [0.05, 0.1) is 6.26 Å². The van der Waals surface area contributed by atoms with Gasteiger partial charge in [0.2, 0.25) is 0 Å². The van der Waals surface area contributed by atoms with E-state index in [1.54, 1.807) is 12.3 Å². The molecule has 2 aliphatic heterocycles. The van der Waals surface area contributed by atoms with Crippen molar-refractivity contribution in [3.63, 3.8) is 0 Å². The molecule has 6 nitrogen and oxygen atoms in total. The number of pyridine rings is 1. The van der Waals surface area contributed by atoms with Gasteiger partial charge in [-0.1, -0.05) is 24.3 Å². The van der Waals surface area contributed by atoms with Crippen molar-refractivity contribution in [2.75, 3.05) is 38.1 Å². The van der Waals surface area contributed by atoms with Crippen LogP contribution in [0, 0.1) is 0 Å². The highest BCUT2D eigenvalue weighted by molar-refractivity contribution is 6.01. The fraction of sp³-hybridized carbons (Fsp3) is 0.273. The van der Waals surface area contributed by atoms with Crippen LogP contribution in [0.3, 0.4) is 0 Å². The number of hydrogen-bond acceptors (Lipinski definition) is 5. The third-order valence-electron chi connectivity index (χ3n) is 5.04. The molecule has 144 valence electrons. The molecule has 0 atom stereocenters. The molecule has 4 rings (SSSR count). The molecular formula is C22H24N4O2. The number of benzene rings is 1. The zero-order chi connectivity index (χ0) is 19.3. The number of nitrogens with one attached hydrogen (secondary N) is 1. The number of amides is 1. The lowest BCUT2D eigenvalue weighted by molar-refractivity contribution is -0.117. The standard InChI is InChI=1S/C22H24N4O2/c1-25-10-12-26(13-11-25)21-19(6-4-9-23-21)16-24-22(27)18-8-14-28-20-7-3-2-5-17(20)15-18/h2-9,14-15H,10-13,16H2,1H3,(H,24,27). The predicted octanol–water partition coefficient (Wildman–Crippen LogP) is 2.44.